The predicted octanol–water partition coefficient (Wildman–Crippen LogP) is 1.13. The Hall–Kier alpha value is -0.760. The fourth-order valence-corrected chi connectivity index (χ4v) is 2.37. The van der Waals surface area contributed by atoms with Crippen LogP contribution in [0, 0.1) is 4.91 Å². The number of carbonyl (C=O) groups excluding carboxylic acids is 1. The first-order valence-electron chi connectivity index (χ1n) is 5.48. The largest absolute Gasteiger partial charge is 0.463 e. The number of nitrogens with zero attached hydrogens (tertiary/aromatic N) is 1. The highest BCUT2D eigenvalue weighted by Gasteiger charge is 2.64. The minimum atomic E-state index is -1.84. The number of fused-ring (bicyclic) bond motifs is 1. The fraction of sp³-hybridized carbons (Fsp3) is 0.900. The van der Waals surface area contributed by atoms with E-state index in [9.17, 15) is 9.70 Å². The number of hydrogen-bond acceptors (Lipinski definition) is 7. The van der Waals surface area contributed by atoms with E-state index in [1.54, 1.807) is 13.8 Å². The molecule has 102 valence electrons. The number of esters is 1. The van der Waals surface area contributed by atoms with Crippen molar-refractivity contribution in [1.82, 2.24) is 0 Å². The van der Waals surface area contributed by atoms with E-state index in [0.717, 1.165) is 0 Å². The first kappa shape index (κ1) is 13.7. The van der Waals surface area contributed by atoms with Gasteiger partial charge >= 0.3 is 11.2 Å². The minimum Gasteiger partial charge on any atom is -0.463 e. The van der Waals surface area contributed by atoms with E-state index in [2.05, 4.69) is 5.18 Å². The van der Waals surface area contributed by atoms with Gasteiger partial charge in [-0.15, -0.1) is 4.91 Å². The molecule has 18 heavy (non-hydrogen) atoms. The van der Waals surface area contributed by atoms with Crippen LogP contribution in [0.3, 0.4) is 0 Å². The van der Waals surface area contributed by atoms with Crippen LogP contribution in [0.15, 0.2) is 5.18 Å². The van der Waals surface area contributed by atoms with Gasteiger partial charge in [0.25, 0.3) is 0 Å². The van der Waals surface area contributed by atoms with Gasteiger partial charge in [0.2, 0.25) is 0 Å². The molecule has 4 atom stereocenters. The van der Waals surface area contributed by atoms with Gasteiger partial charge in [-0.1, -0.05) is 11.6 Å². The highest BCUT2D eigenvalue weighted by molar-refractivity contribution is 6.23. The highest BCUT2D eigenvalue weighted by Crippen LogP contribution is 2.46. The predicted molar refractivity (Wildman–Crippen MR) is 59.7 cm³/mol. The molecule has 0 amide bonds. The minimum absolute atomic E-state index is 0.0695. The number of rotatable bonds is 3. The molecule has 2 rings (SSSR count). The van der Waals surface area contributed by atoms with Crippen molar-refractivity contribution in [2.24, 2.45) is 5.18 Å². The van der Waals surface area contributed by atoms with Gasteiger partial charge < -0.3 is 18.9 Å². The Bertz CT molecular complexity index is 375. The average Bonchev–Trinajstić information content (AvgIpc) is 2.71. The van der Waals surface area contributed by atoms with Crippen LogP contribution in [0.1, 0.15) is 20.8 Å². The zero-order valence-electron chi connectivity index (χ0n) is 10.2. The standard InChI is InChI=1S/C10H14ClNO6/c1-5(13)15-4-6-7-8(10(11,12-14)16-6)18-9(2,3)17-7/h6-8H,4H2,1-3H3/t6-,7-,8-,10-/m1/s1. The van der Waals surface area contributed by atoms with Gasteiger partial charge in [-0.25, -0.2) is 0 Å². The van der Waals surface area contributed by atoms with Crippen LogP contribution in [0.4, 0.5) is 0 Å². The molecular formula is C10H14ClNO6. The van der Waals surface area contributed by atoms with Crippen LogP contribution < -0.4 is 0 Å². The van der Waals surface area contributed by atoms with Crippen LogP contribution in [0.5, 0.6) is 0 Å². The molecule has 0 aromatic rings. The first-order valence-corrected chi connectivity index (χ1v) is 5.85. The van der Waals surface area contributed by atoms with Crippen molar-refractivity contribution in [3.63, 3.8) is 0 Å². The molecule has 0 aromatic heterocycles. The van der Waals surface area contributed by atoms with Gasteiger partial charge in [0.15, 0.2) is 11.9 Å². The van der Waals surface area contributed by atoms with Crippen molar-refractivity contribution in [1.29, 1.82) is 0 Å². The van der Waals surface area contributed by atoms with E-state index in [0.29, 0.717) is 0 Å². The van der Waals surface area contributed by atoms with Gasteiger partial charge in [-0.2, -0.15) is 0 Å². The van der Waals surface area contributed by atoms with Crippen LogP contribution in [0.2, 0.25) is 0 Å². The maximum absolute atomic E-state index is 10.8. The zero-order valence-corrected chi connectivity index (χ0v) is 11.0. The average molecular weight is 280 g/mol. The van der Waals surface area contributed by atoms with Gasteiger partial charge in [0.05, 0.1) is 0 Å². The number of nitroso groups, excluding NO2 is 1. The number of hydrogen-bond donors (Lipinski definition) is 0. The smallest absolute Gasteiger partial charge is 0.306 e. The van der Waals surface area contributed by atoms with E-state index < -0.39 is 35.3 Å². The van der Waals surface area contributed by atoms with E-state index >= 15 is 0 Å². The lowest BCUT2D eigenvalue weighted by molar-refractivity contribution is -0.198. The van der Waals surface area contributed by atoms with Crippen molar-refractivity contribution in [3.8, 4) is 0 Å². The lowest BCUT2D eigenvalue weighted by atomic mass is 10.1. The van der Waals surface area contributed by atoms with E-state index in [4.69, 9.17) is 30.5 Å². The maximum atomic E-state index is 10.8. The Kier molecular flexibility index (Phi) is 3.35. The molecule has 2 saturated heterocycles. The molecule has 0 radical (unpaired) electrons. The molecule has 0 N–H and O–H groups in total. The second-order valence-corrected chi connectivity index (χ2v) is 5.22. The summed E-state index contributed by atoms with van der Waals surface area (Å²) in [4.78, 5) is 21.6. The molecule has 0 saturated carbocycles. The van der Waals surface area contributed by atoms with Gasteiger partial charge in [0.1, 0.15) is 18.8 Å². The zero-order chi connectivity index (χ0) is 13.6. The van der Waals surface area contributed by atoms with Crippen molar-refractivity contribution >= 4 is 17.6 Å². The topological polar surface area (TPSA) is 83.4 Å². The molecule has 2 aliphatic heterocycles. The highest BCUT2D eigenvalue weighted by atomic mass is 35.5. The first-order chi connectivity index (χ1) is 8.27. The Morgan fingerprint density at radius 1 is 1.39 bits per heavy atom. The quantitative estimate of drug-likeness (QED) is 0.333. The SMILES string of the molecule is CC(=O)OC[C@H]1O[C@](Cl)(N=O)[C@@H]2OC(C)(C)O[C@@H]21. The summed E-state index contributed by atoms with van der Waals surface area (Å²) in [6.07, 6.45) is -2.11. The Morgan fingerprint density at radius 2 is 2.06 bits per heavy atom. The summed E-state index contributed by atoms with van der Waals surface area (Å²) in [5.41, 5.74) is 0. The molecule has 0 aromatic carbocycles. The molecule has 0 spiro atoms. The van der Waals surface area contributed by atoms with Crippen molar-refractivity contribution in [3.05, 3.63) is 4.91 Å². The molecule has 2 aliphatic rings. The normalized spacial score (nSPS) is 41.4. The summed E-state index contributed by atoms with van der Waals surface area (Å²) >= 11 is 5.95. The van der Waals surface area contributed by atoms with Crippen LogP contribution in [0.25, 0.3) is 0 Å². The van der Waals surface area contributed by atoms with Crippen molar-refractivity contribution in [2.45, 2.75) is 50.1 Å². The van der Waals surface area contributed by atoms with Crippen molar-refractivity contribution in [2.75, 3.05) is 6.61 Å². The molecule has 8 heteroatoms. The third-order valence-corrected chi connectivity index (χ3v) is 3.11. The summed E-state index contributed by atoms with van der Waals surface area (Å²) in [6, 6.07) is 0. The Morgan fingerprint density at radius 3 is 2.61 bits per heavy atom. The molecular weight excluding hydrogens is 266 g/mol. The maximum Gasteiger partial charge on any atom is 0.306 e. The molecule has 2 heterocycles. The second-order valence-electron chi connectivity index (χ2n) is 4.68. The fourth-order valence-electron chi connectivity index (χ4n) is 2.08. The monoisotopic (exact) mass is 279 g/mol. The Balaban J connectivity index is 2.14. The molecule has 0 bridgehead atoms. The van der Waals surface area contributed by atoms with Crippen LogP contribution in [-0.2, 0) is 23.7 Å². The third-order valence-electron chi connectivity index (χ3n) is 2.74. The summed E-state index contributed by atoms with van der Waals surface area (Å²) in [5, 5.41) is 0.909. The summed E-state index contributed by atoms with van der Waals surface area (Å²) in [7, 11) is 0. The van der Waals surface area contributed by atoms with Gasteiger partial charge in [-0.05, 0) is 19.0 Å². The van der Waals surface area contributed by atoms with E-state index in [1.165, 1.54) is 6.92 Å². The summed E-state index contributed by atoms with van der Waals surface area (Å²) in [6.45, 7) is 4.58. The van der Waals surface area contributed by atoms with Crippen LogP contribution in [-0.4, -0.2) is 41.9 Å². The molecule has 7 nitrogen and oxygen atoms in total. The summed E-state index contributed by atoms with van der Waals surface area (Å²) < 4.78 is 21.2. The molecule has 0 aliphatic carbocycles. The number of alkyl halides is 1. The molecule has 0 unspecified atom stereocenters. The lowest BCUT2D eigenvalue weighted by Crippen LogP contribution is -2.36. The Labute approximate surface area is 109 Å². The second kappa shape index (κ2) is 4.41. The van der Waals surface area contributed by atoms with E-state index in [1.807, 2.05) is 0 Å². The lowest BCUT2D eigenvalue weighted by Gasteiger charge is -2.24. The van der Waals surface area contributed by atoms with Gasteiger partial charge in [-0.3, -0.25) is 4.79 Å². The van der Waals surface area contributed by atoms with E-state index in [-0.39, 0.29) is 6.61 Å². The summed E-state index contributed by atoms with van der Waals surface area (Å²) in [5.74, 6) is -1.35. The number of ether oxygens (including phenoxy) is 4. The third kappa shape index (κ3) is 2.35. The molecule has 2 fully saturated rings. The van der Waals surface area contributed by atoms with Gasteiger partial charge in [0, 0.05) is 6.92 Å². The number of carbonyl (C=O) groups is 1. The van der Waals surface area contributed by atoms with Crippen molar-refractivity contribution < 1.29 is 23.7 Å². The van der Waals surface area contributed by atoms with Crippen LogP contribution >= 0.6 is 11.6 Å². The number of halogens is 1.